The molecule has 0 unspecified atom stereocenters. The van der Waals surface area contributed by atoms with Gasteiger partial charge in [-0.3, -0.25) is 9.48 Å². The number of ketones is 1. The number of pyridine rings is 1. The molecule has 0 bridgehead atoms. The minimum absolute atomic E-state index is 0.185. The number of aromatic nitrogens is 3. The number of hydrogen-bond acceptors (Lipinski definition) is 4. The Balaban J connectivity index is 2.44. The second-order valence-electron chi connectivity index (χ2n) is 3.58. The van der Waals surface area contributed by atoms with E-state index in [1.54, 1.807) is 16.8 Å². The molecule has 0 N–H and O–H groups in total. The van der Waals surface area contributed by atoms with Crippen LogP contribution in [0.2, 0.25) is 5.15 Å². The third-order valence-electron chi connectivity index (χ3n) is 2.53. The van der Waals surface area contributed by atoms with E-state index < -0.39 is 0 Å². The summed E-state index contributed by atoms with van der Waals surface area (Å²) in [4.78, 5) is 16.2. The van der Waals surface area contributed by atoms with Crippen LogP contribution in [0.5, 0.6) is 5.75 Å². The van der Waals surface area contributed by atoms with Crippen molar-refractivity contribution >= 4 is 17.4 Å². The maximum atomic E-state index is 12.4. The smallest absolute Gasteiger partial charge is 0.216 e. The monoisotopic (exact) mass is 265 g/mol. The molecule has 0 aromatic carbocycles. The third kappa shape index (κ3) is 2.22. The van der Waals surface area contributed by atoms with E-state index in [0.29, 0.717) is 28.7 Å². The number of rotatable bonds is 4. The summed E-state index contributed by atoms with van der Waals surface area (Å²) in [6, 6.07) is 3.21. The molecule has 0 spiro atoms. The lowest BCUT2D eigenvalue weighted by atomic mass is 10.1. The topological polar surface area (TPSA) is 57.0 Å². The lowest BCUT2D eigenvalue weighted by molar-refractivity contribution is 0.102. The van der Waals surface area contributed by atoms with Crippen molar-refractivity contribution in [2.75, 3.05) is 7.11 Å². The van der Waals surface area contributed by atoms with Crippen LogP contribution in [0.1, 0.15) is 23.0 Å². The van der Waals surface area contributed by atoms with E-state index in [1.807, 2.05) is 6.92 Å². The molecule has 0 fully saturated rings. The van der Waals surface area contributed by atoms with Gasteiger partial charge in [-0.25, -0.2) is 4.98 Å². The first-order chi connectivity index (χ1) is 8.67. The first-order valence-electron chi connectivity index (χ1n) is 5.43. The Morgan fingerprint density at radius 2 is 2.22 bits per heavy atom. The van der Waals surface area contributed by atoms with Gasteiger partial charge in [-0.05, 0) is 19.1 Å². The maximum absolute atomic E-state index is 12.4. The predicted molar refractivity (Wildman–Crippen MR) is 67.1 cm³/mol. The number of halogens is 1. The molecule has 0 saturated heterocycles. The molecule has 18 heavy (non-hydrogen) atoms. The highest BCUT2D eigenvalue weighted by atomic mass is 35.5. The number of hydrogen-bond donors (Lipinski definition) is 0. The van der Waals surface area contributed by atoms with Crippen LogP contribution in [0.25, 0.3) is 0 Å². The van der Waals surface area contributed by atoms with Crippen LogP contribution in [-0.2, 0) is 6.54 Å². The lowest BCUT2D eigenvalue weighted by Crippen LogP contribution is -2.12. The van der Waals surface area contributed by atoms with Crippen LogP contribution in [0.15, 0.2) is 24.5 Å². The Labute approximate surface area is 109 Å². The molecular weight excluding hydrogens is 254 g/mol. The van der Waals surface area contributed by atoms with Gasteiger partial charge in [0.05, 0.1) is 13.3 Å². The van der Waals surface area contributed by atoms with Crippen LogP contribution in [0.4, 0.5) is 0 Å². The first-order valence-corrected chi connectivity index (χ1v) is 5.81. The number of ether oxygens (including phenoxy) is 1. The summed E-state index contributed by atoms with van der Waals surface area (Å²) in [5.74, 6) is 0.271. The van der Waals surface area contributed by atoms with Crippen LogP contribution in [-0.4, -0.2) is 27.7 Å². The van der Waals surface area contributed by atoms with Crippen LogP contribution < -0.4 is 4.74 Å². The highest BCUT2D eigenvalue weighted by Gasteiger charge is 2.20. The molecule has 2 rings (SSSR count). The lowest BCUT2D eigenvalue weighted by Gasteiger charge is -2.06. The van der Waals surface area contributed by atoms with Gasteiger partial charge >= 0.3 is 0 Å². The van der Waals surface area contributed by atoms with Gasteiger partial charge in [-0.2, -0.15) is 5.10 Å². The fraction of sp³-hybridized carbons (Fsp3) is 0.250. The molecule has 0 atom stereocenters. The summed E-state index contributed by atoms with van der Waals surface area (Å²) in [6.07, 6.45) is 2.97. The molecule has 0 aliphatic carbocycles. The molecule has 2 aromatic rings. The van der Waals surface area contributed by atoms with Gasteiger partial charge in [0.15, 0.2) is 11.4 Å². The molecule has 0 amide bonds. The second-order valence-corrected chi connectivity index (χ2v) is 3.96. The first kappa shape index (κ1) is 12.6. The zero-order valence-corrected chi connectivity index (χ0v) is 10.8. The zero-order chi connectivity index (χ0) is 13.1. The van der Waals surface area contributed by atoms with Crippen molar-refractivity contribution in [3.8, 4) is 5.75 Å². The van der Waals surface area contributed by atoms with Gasteiger partial charge in [-0.15, -0.1) is 0 Å². The fourth-order valence-corrected chi connectivity index (χ4v) is 1.75. The molecule has 2 heterocycles. The number of methoxy groups -OCH3 is 1. The van der Waals surface area contributed by atoms with E-state index in [2.05, 4.69) is 10.1 Å². The summed E-state index contributed by atoms with van der Waals surface area (Å²) >= 11 is 5.69. The SMILES string of the molecule is CCn1ncc(OC)c1C(=O)c1ccc(Cl)nc1. The average molecular weight is 266 g/mol. The molecule has 5 nitrogen and oxygen atoms in total. The maximum Gasteiger partial charge on any atom is 0.216 e. The van der Waals surface area contributed by atoms with E-state index in [-0.39, 0.29) is 5.78 Å². The Morgan fingerprint density at radius 1 is 1.44 bits per heavy atom. The second kappa shape index (κ2) is 5.18. The van der Waals surface area contributed by atoms with Crippen molar-refractivity contribution in [1.29, 1.82) is 0 Å². The van der Waals surface area contributed by atoms with Crippen molar-refractivity contribution in [3.63, 3.8) is 0 Å². The quantitative estimate of drug-likeness (QED) is 0.628. The van der Waals surface area contributed by atoms with Gasteiger partial charge in [0, 0.05) is 18.3 Å². The van der Waals surface area contributed by atoms with Crippen molar-refractivity contribution in [2.45, 2.75) is 13.5 Å². The van der Waals surface area contributed by atoms with E-state index in [0.717, 1.165) is 0 Å². The number of carbonyl (C=O) groups excluding carboxylic acids is 1. The Morgan fingerprint density at radius 3 is 2.78 bits per heavy atom. The standard InChI is InChI=1S/C12H12ClN3O2/c1-3-16-11(9(18-2)7-15-16)12(17)8-4-5-10(13)14-6-8/h4-7H,3H2,1-2H3. The van der Waals surface area contributed by atoms with Crippen LogP contribution in [0, 0.1) is 0 Å². The van der Waals surface area contributed by atoms with Crippen LogP contribution >= 0.6 is 11.6 Å². The number of nitrogens with zero attached hydrogens (tertiary/aromatic N) is 3. The van der Waals surface area contributed by atoms with Gasteiger partial charge in [-0.1, -0.05) is 11.6 Å². The van der Waals surface area contributed by atoms with Crippen LogP contribution in [0.3, 0.4) is 0 Å². The largest absolute Gasteiger partial charge is 0.493 e. The molecular formula is C12H12ClN3O2. The van der Waals surface area contributed by atoms with Gasteiger partial charge in [0.1, 0.15) is 5.15 Å². The average Bonchev–Trinajstić information content (AvgIpc) is 2.81. The summed E-state index contributed by atoms with van der Waals surface area (Å²) < 4.78 is 6.74. The molecule has 0 radical (unpaired) electrons. The molecule has 94 valence electrons. The minimum Gasteiger partial charge on any atom is -0.493 e. The van der Waals surface area contributed by atoms with Crippen molar-refractivity contribution in [1.82, 2.24) is 14.8 Å². The highest BCUT2D eigenvalue weighted by Crippen LogP contribution is 2.21. The molecule has 0 saturated carbocycles. The van der Waals surface area contributed by atoms with Crippen molar-refractivity contribution in [3.05, 3.63) is 40.9 Å². The number of carbonyl (C=O) groups is 1. The van der Waals surface area contributed by atoms with Gasteiger partial charge < -0.3 is 4.74 Å². The molecule has 2 aromatic heterocycles. The minimum atomic E-state index is -0.185. The highest BCUT2D eigenvalue weighted by molar-refractivity contribution is 6.29. The Bertz CT molecular complexity index is 542. The summed E-state index contributed by atoms with van der Waals surface area (Å²) in [7, 11) is 1.51. The van der Waals surface area contributed by atoms with E-state index in [9.17, 15) is 4.79 Å². The molecule has 0 aliphatic heterocycles. The molecule has 6 heteroatoms. The van der Waals surface area contributed by atoms with Crippen molar-refractivity contribution in [2.24, 2.45) is 0 Å². The van der Waals surface area contributed by atoms with E-state index in [4.69, 9.17) is 16.3 Å². The fourth-order valence-electron chi connectivity index (χ4n) is 1.63. The zero-order valence-electron chi connectivity index (χ0n) is 10.1. The molecule has 0 aliphatic rings. The summed E-state index contributed by atoms with van der Waals surface area (Å²) in [5, 5.41) is 4.44. The predicted octanol–water partition coefficient (Wildman–Crippen LogP) is 2.19. The normalized spacial score (nSPS) is 10.4. The summed E-state index contributed by atoms with van der Waals surface area (Å²) in [5.41, 5.74) is 0.872. The third-order valence-corrected chi connectivity index (χ3v) is 2.75. The summed E-state index contributed by atoms with van der Waals surface area (Å²) in [6.45, 7) is 2.49. The van der Waals surface area contributed by atoms with Crippen molar-refractivity contribution < 1.29 is 9.53 Å². The van der Waals surface area contributed by atoms with E-state index in [1.165, 1.54) is 19.5 Å². The van der Waals surface area contributed by atoms with Gasteiger partial charge in [0.2, 0.25) is 5.78 Å². The van der Waals surface area contributed by atoms with Gasteiger partial charge in [0.25, 0.3) is 0 Å². The Kier molecular flexibility index (Phi) is 3.62. The Hall–Kier alpha value is -1.88. The number of aryl methyl sites for hydroxylation is 1. The van der Waals surface area contributed by atoms with E-state index >= 15 is 0 Å².